The minimum absolute atomic E-state index is 0.184. The van der Waals surface area contributed by atoms with Gasteiger partial charge in [0.2, 0.25) is 0 Å². The quantitative estimate of drug-likeness (QED) is 0.773. The van der Waals surface area contributed by atoms with Crippen LogP contribution in [0.4, 0.5) is 5.69 Å². The molecular formula is C18H17N5O. The van der Waals surface area contributed by atoms with Crippen molar-refractivity contribution in [2.45, 2.75) is 25.8 Å². The molecule has 1 aliphatic rings. The standard InChI is InChI=1S/C18H17N5O/c1-10-4-2-7-14(20-10)12-5-3-6-13-15(19)17(23-22-16(12)13)18(24)21-11-8-9-11/h2-7,11H,8-9H2,1H3,(H2,19,22)(H,21,24). The van der Waals surface area contributed by atoms with Gasteiger partial charge in [0.25, 0.3) is 5.91 Å². The molecule has 1 amide bonds. The van der Waals surface area contributed by atoms with Crippen molar-refractivity contribution < 1.29 is 4.79 Å². The van der Waals surface area contributed by atoms with Crippen LogP contribution < -0.4 is 11.1 Å². The van der Waals surface area contributed by atoms with Gasteiger partial charge in [0.15, 0.2) is 5.69 Å². The predicted molar refractivity (Wildman–Crippen MR) is 92.4 cm³/mol. The van der Waals surface area contributed by atoms with Gasteiger partial charge in [-0.05, 0) is 31.9 Å². The van der Waals surface area contributed by atoms with Gasteiger partial charge < -0.3 is 11.1 Å². The van der Waals surface area contributed by atoms with Gasteiger partial charge in [0.1, 0.15) is 5.52 Å². The molecule has 0 unspecified atom stereocenters. The summed E-state index contributed by atoms with van der Waals surface area (Å²) in [6, 6.07) is 11.7. The maximum absolute atomic E-state index is 12.3. The van der Waals surface area contributed by atoms with Crippen LogP contribution in [0.5, 0.6) is 0 Å². The number of aromatic nitrogens is 3. The Hall–Kier alpha value is -3.02. The highest BCUT2D eigenvalue weighted by molar-refractivity contribution is 6.07. The van der Waals surface area contributed by atoms with Crippen molar-refractivity contribution in [3.8, 4) is 11.3 Å². The molecule has 1 fully saturated rings. The van der Waals surface area contributed by atoms with E-state index in [0.717, 1.165) is 29.8 Å². The second kappa shape index (κ2) is 5.56. The number of nitrogen functional groups attached to an aromatic ring is 1. The highest BCUT2D eigenvalue weighted by atomic mass is 16.2. The lowest BCUT2D eigenvalue weighted by Gasteiger charge is -2.10. The number of rotatable bonds is 3. The van der Waals surface area contributed by atoms with E-state index < -0.39 is 0 Å². The van der Waals surface area contributed by atoms with Gasteiger partial charge in [-0.2, -0.15) is 0 Å². The Morgan fingerprint density at radius 2 is 1.96 bits per heavy atom. The number of pyridine rings is 1. The average Bonchev–Trinajstić information content (AvgIpc) is 3.38. The molecule has 0 atom stereocenters. The summed E-state index contributed by atoms with van der Waals surface area (Å²) in [4.78, 5) is 16.8. The van der Waals surface area contributed by atoms with E-state index in [1.54, 1.807) is 0 Å². The number of aryl methyl sites for hydroxylation is 1. The number of carbonyl (C=O) groups is 1. The zero-order valence-electron chi connectivity index (χ0n) is 13.3. The van der Waals surface area contributed by atoms with Crippen LogP contribution in [0.25, 0.3) is 22.2 Å². The molecule has 4 rings (SSSR count). The molecule has 0 radical (unpaired) electrons. The topological polar surface area (TPSA) is 93.8 Å². The van der Waals surface area contributed by atoms with E-state index in [4.69, 9.17) is 5.73 Å². The number of nitrogens with one attached hydrogen (secondary N) is 1. The minimum atomic E-state index is -0.261. The molecule has 0 bridgehead atoms. The van der Waals surface area contributed by atoms with Crippen LogP contribution in [0.3, 0.4) is 0 Å². The van der Waals surface area contributed by atoms with E-state index in [9.17, 15) is 4.79 Å². The van der Waals surface area contributed by atoms with Crippen LogP contribution >= 0.6 is 0 Å². The summed E-state index contributed by atoms with van der Waals surface area (Å²) in [5.41, 5.74) is 9.98. The zero-order valence-corrected chi connectivity index (χ0v) is 13.3. The number of anilines is 1. The fraction of sp³-hybridized carbons (Fsp3) is 0.222. The number of amides is 1. The van der Waals surface area contributed by atoms with Crippen LogP contribution in [-0.4, -0.2) is 27.1 Å². The van der Waals surface area contributed by atoms with E-state index >= 15 is 0 Å². The Balaban J connectivity index is 1.83. The third-order valence-corrected chi connectivity index (χ3v) is 4.12. The number of nitrogens with two attached hydrogens (primary N) is 1. The highest BCUT2D eigenvalue weighted by Crippen LogP contribution is 2.30. The average molecular weight is 319 g/mol. The first kappa shape index (κ1) is 14.6. The van der Waals surface area contributed by atoms with E-state index in [-0.39, 0.29) is 17.6 Å². The van der Waals surface area contributed by atoms with E-state index in [1.807, 2.05) is 43.3 Å². The summed E-state index contributed by atoms with van der Waals surface area (Å²) in [7, 11) is 0. The SMILES string of the molecule is Cc1cccc(-c2cccc3c(N)c(C(=O)NC4CC4)nnc23)n1. The molecule has 2 heterocycles. The van der Waals surface area contributed by atoms with Crippen LogP contribution in [-0.2, 0) is 0 Å². The molecule has 0 spiro atoms. The summed E-state index contributed by atoms with van der Waals surface area (Å²) in [6.45, 7) is 1.94. The smallest absolute Gasteiger partial charge is 0.274 e. The first-order chi connectivity index (χ1) is 11.6. The van der Waals surface area contributed by atoms with Crippen LogP contribution in [0.2, 0.25) is 0 Å². The van der Waals surface area contributed by atoms with Crippen molar-refractivity contribution >= 4 is 22.5 Å². The molecule has 120 valence electrons. The maximum atomic E-state index is 12.3. The highest BCUT2D eigenvalue weighted by Gasteiger charge is 2.26. The number of hydrogen-bond donors (Lipinski definition) is 2. The van der Waals surface area contributed by atoms with Crippen molar-refractivity contribution in [1.82, 2.24) is 20.5 Å². The van der Waals surface area contributed by atoms with E-state index in [2.05, 4.69) is 20.5 Å². The van der Waals surface area contributed by atoms with Gasteiger partial charge in [0.05, 0.1) is 11.4 Å². The normalized spacial score (nSPS) is 13.9. The van der Waals surface area contributed by atoms with Crippen molar-refractivity contribution in [2.75, 3.05) is 5.73 Å². The predicted octanol–water partition coefficient (Wildman–Crippen LogP) is 2.47. The van der Waals surface area contributed by atoms with Crippen molar-refractivity contribution in [1.29, 1.82) is 0 Å². The van der Waals surface area contributed by atoms with Gasteiger partial charge in [-0.1, -0.05) is 24.3 Å². The number of carbonyl (C=O) groups excluding carboxylic acids is 1. The molecule has 6 nitrogen and oxygen atoms in total. The molecule has 3 N–H and O–H groups in total. The molecule has 1 aliphatic carbocycles. The molecule has 24 heavy (non-hydrogen) atoms. The first-order valence-electron chi connectivity index (χ1n) is 7.93. The Morgan fingerprint density at radius 3 is 2.71 bits per heavy atom. The number of hydrogen-bond acceptors (Lipinski definition) is 5. The van der Waals surface area contributed by atoms with Gasteiger partial charge in [-0.3, -0.25) is 9.78 Å². The van der Waals surface area contributed by atoms with Crippen molar-refractivity contribution in [3.63, 3.8) is 0 Å². The lowest BCUT2D eigenvalue weighted by molar-refractivity contribution is 0.0946. The number of fused-ring (bicyclic) bond motifs is 1. The summed E-state index contributed by atoms with van der Waals surface area (Å²) >= 11 is 0. The third-order valence-electron chi connectivity index (χ3n) is 4.12. The maximum Gasteiger partial charge on any atom is 0.274 e. The molecule has 3 aromatic rings. The van der Waals surface area contributed by atoms with Crippen LogP contribution in [0, 0.1) is 6.92 Å². The number of benzene rings is 1. The Bertz CT molecular complexity index is 949. The van der Waals surface area contributed by atoms with Gasteiger partial charge >= 0.3 is 0 Å². The van der Waals surface area contributed by atoms with Gasteiger partial charge in [-0.25, -0.2) is 0 Å². The second-order valence-electron chi connectivity index (χ2n) is 6.08. The Labute approximate surface area is 139 Å². The van der Waals surface area contributed by atoms with E-state index in [1.165, 1.54) is 0 Å². The Morgan fingerprint density at radius 1 is 1.17 bits per heavy atom. The van der Waals surface area contributed by atoms with Crippen LogP contribution in [0.15, 0.2) is 36.4 Å². The molecule has 1 aromatic carbocycles. The molecule has 0 saturated heterocycles. The lowest BCUT2D eigenvalue weighted by Crippen LogP contribution is -2.27. The van der Waals surface area contributed by atoms with E-state index in [0.29, 0.717) is 16.6 Å². The summed E-state index contributed by atoms with van der Waals surface area (Å²) in [6.07, 6.45) is 2.02. The number of nitrogens with zero attached hydrogens (tertiary/aromatic N) is 3. The van der Waals surface area contributed by atoms with Crippen molar-refractivity contribution in [2.24, 2.45) is 0 Å². The second-order valence-corrected chi connectivity index (χ2v) is 6.08. The molecule has 6 heteroatoms. The fourth-order valence-electron chi connectivity index (χ4n) is 2.70. The lowest BCUT2D eigenvalue weighted by atomic mass is 10.0. The first-order valence-corrected chi connectivity index (χ1v) is 7.93. The minimum Gasteiger partial charge on any atom is -0.396 e. The summed E-state index contributed by atoms with van der Waals surface area (Å²) in [5.74, 6) is -0.261. The fourth-order valence-corrected chi connectivity index (χ4v) is 2.70. The third kappa shape index (κ3) is 2.56. The molecule has 0 aliphatic heterocycles. The summed E-state index contributed by atoms with van der Waals surface area (Å²) < 4.78 is 0. The summed E-state index contributed by atoms with van der Waals surface area (Å²) in [5, 5.41) is 12.0. The zero-order chi connectivity index (χ0) is 16.7. The van der Waals surface area contributed by atoms with Gasteiger partial charge in [0, 0.05) is 22.7 Å². The Kier molecular flexibility index (Phi) is 3.37. The monoisotopic (exact) mass is 319 g/mol. The molecular weight excluding hydrogens is 302 g/mol. The van der Waals surface area contributed by atoms with Crippen molar-refractivity contribution in [3.05, 3.63) is 47.8 Å². The molecule has 2 aromatic heterocycles. The largest absolute Gasteiger partial charge is 0.396 e. The van der Waals surface area contributed by atoms with Gasteiger partial charge in [-0.15, -0.1) is 10.2 Å². The van der Waals surface area contributed by atoms with Crippen LogP contribution in [0.1, 0.15) is 29.0 Å². The molecule has 1 saturated carbocycles.